The number of aromatic hydroxyl groups is 4. The van der Waals surface area contributed by atoms with E-state index in [0.29, 0.717) is 24.0 Å². The van der Waals surface area contributed by atoms with E-state index in [1.807, 2.05) is 32.1 Å². The summed E-state index contributed by atoms with van der Waals surface area (Å²) in [6, 6.07) is 15.5. The smallest absolute Gasteiger partial charge is 0.331 e. The SMILES string of the molecule is C/C(=C\COC(=O)/C=C/c1ccc(O)c(O)c1)CC/C=C(\C)COc1c(-c2ccccc2)oc2cc(O)cc(O)c2c1=O. The molecule has 222 valence electrons. The highest BCUT2D eigenvalue weighted by Crippen LogP contribution is 2.35. The minimum atomic E-state index is -0.546. The maximum Gasteiger partial charge on any atom is 0.331 e. The molecule has 1 heterocycles. The average Bonchev–Trinajstić information content (AvgIpc) is 2.97. The van der Waals surface area contributed by atoms with Crippen molar-refractivity contribution in [3.63, 3.8) is 0 Å². The molecule has 0 fully saturated rings. The Morgan fingerprint density at radius 2 is 1.65 bits per heavy atom. The Morgan fingerprint density at radius 3 is 2.40 bits per heavy atom. The Labute approximate surface area is 247 Å². The van der Waals surface area contributed by atoms with E-state index in [-0.39, 0.29) is 52.9 Å². The first-order chi connectivity index (χ1) is 20.6. The Balaban J connectivity index is 1.34. The van der Waals surface area contributed by atoms with Crippen molar-refractivity contribution in [1.29, 1.82) is 0 Å². The van der Waals surface area contributed by atoms with Crippen LogP contribution in [0.5, 0.6) is 28.7 Å². The minimum Gasteiger partial charge on any atom is -0.508 e. The average molecular weight is 585 g/mol. The first-order valence-corrected chi connectivity index (χ1v) is 13.5. The van der Waals surface area contributed by atoms with Crippen LogP contribution in [0.25, 0.3) is 28.4 Å². The van der Waals surface area contributed by atoms with Gasteiger partial charge < -0.3 is 34.3 Å². The molecule has 4 N–H and O–H groups in total. The predicted octanol–water partition coefficient (Wildman–Crippen LogP) is 6.59. The van der Waals surface area contributed by atoms with Gasteiger partial charge in [-0.05, 0) is 62.1 Å². The molecule has 0 saturated carbocycles. The van der Waals surface area contributed by atoms with Crippen LogP contribution in [-0.4, -0.2) is 39.6 Å². The number of carbonyl (C=O) groups is 1. The molecule has 0 bridgehead atoms. The zero-order chi connectivity index (χ0) is 30.9. The molecule has 4 aromatic rings. The zero-order valence-electron chi connectivity index (χ0n) is 23.7. The normalized spacial score (nSPS) is 12.1. The van der Waals surface area contributed by atoms with Gasteiger partial charge in [0.2, 0.25) is 11.2 Å². The summed E-state index contributed by atoms with van der Waals surface area (Å²) in [5, 5.41) is 39.0. The van der Waals surface area contributed by atoms with Gasteiger partial charge in [0, 0.05) is 23.8 Å². The Bertz CT molecular complexity index is 1760. The van der Waals surface area contributed by atoms with Gasteiger partial charge in [-0.15, -0.1) is 0 Å². The highest BCUT2D eigenvalue weighted by molar-refractivity contribution is 5.88. The number of hydrogen-bond donors (Lipinski definition) is 4. The van der Waals surface area contributed by atoms with Gasteiger partial charge in [0.15, 0.2) is 17.3 Å². The van der Waals surface area contributed by atoms with Crippen molar-refractivity contribution >= 4 is 23.0 Å². The molecule has 0 radical (unpaired) electrons. The van der Waals surface area contributed by atoms with Crippen molar-refractivity contribution in [2.24, 2.45) is 0 Å². The van der Waals surface area contributed by atoms with Crippen LogP contribution in [-0.2, 0) is 9.53 Å². The van der Waals surface area contributed by atoms with Crippen LogP contribution in [0.3, 0.4) is 0 Å². The highest BCUT2D eigenvalue weighted by Gasteiger charge is 2.20. The second kappa shape index (κ2) is 14.0. The van der Waals surface area contributed by atoms with Gasteiger partial charge in [-0.2, -0.15) is 0 Å². The number of hydrogen-bond acceptors (Lipinski definition) is 9. The third kappa shape index (κ3) is 8.07. The molecule has 4 rings (SSSR count). The van der Waals surface area contributed by atoms with Crippen LogP contribution in [0.15, 0.2) is 99.2 Å². The number of phenolic OH excluding ortho intramolecular Hbond substituents is 4. The molecule has 1 aromatic heterocycles. The van der Waals surface area contributed by atoms with Crippen LogP contribution in [0.4, 0.5) is 0 Å². The summed E-state index contributed by atoms with van der Waals surface area (Å²) in [6.45, 7) is 4.02. The number of benzene rings is 3. The molecule has 0 amide bonds. The predicted molar refractivity (Wildman–Crippen MR) is 163 cm³/mol. The topological polar surface area (TPSA) is 147 Å². The number of fused-ring (bicyclic) bond motifs is 1. The van der Waals surface area contributed by atoms with E-state index in [9.17, 15) is 30.0 Å². The maximum atomic E-state index is 13.3. The quantitative estimate of drug-likeness (QED) is 0.0663. The number of carbonyl (C=O) groups excluding carboxylic acids is 1. The Hall–Kier alpha value is -5.44. The van der Waals surface area contributed by atoms with E-state index < -0.39 is 17.1 Å². The van der Waals surface area contributed by atoms with Gasteiger partial charge in [-0.1, -0.05) is 48.0 Å². The van der Waals surface area contributed by atoms with Crippen LogP contribution in [0.1, 0.15) is 32.3 Å². The van der Waals surface area contributed by atoms with Crippen LogP contribution in [0.2, 0.25) is 0 Å². The Kier molecular flexibility index (Phi) is 9.90. The van der Waals surface area contributed by atoms with Crippen molar-refractivity contribution in [3.8, 4) is 40.1 Å². The fourth-order valence-electron chi connectivity index (χ4n) is 4.19. The number of phenols is 4. The summed E-state index contributed by atoms with van der Waals surface area (Å²) in [4.78, 5) is 25.3. The molecule has 0 aliphatic carbocycles. The summed E-state index contributed by atoms with van der Waals surface area (Å²) >= 11 is 0. The third-order valence-electron chi connectivity index (χ3n) is 6.50. The minimum absolute atomic E-state index is 0.0402. The molecule has 0 aliphatic rings. The fourth-order valence-corrected chi connectivity index (χ4v) is 4.19. The molecule has 0 saturated heterocycles. The van der Waals surface area contributed by atoms with E-state index in [1.165, 1.54) is 30.4 Å². The molecule has 0 unspecified atom stereocenters. The summed E-state index contributed by atoms with van der Waals surface area (Å²) in [6.07, 6.45) is 7.92. The molecule has 0 aliphatic heterocycles. The molecule has 0 spiro atoms. The molecule has 9 nitrogen and oxygen atoms in total. The standard InChI is InChI=1S/C34H32O9/c1-21(15-16-41-30(39)14-12-23-11-13-26(36)27(37)17-23)7-6-8-22(2)20-42-34-32(40)31-28(38)18-25(35)19-29(31)43-33(34)24-9-4-3-5-10-24/h3-5,8-15,17-19,35-38H,6-7,16,20H2,1-2H3/b14-12+,21-15+,22-8+. The van der Waals surface area contributed by atoms with Crippen LogP contribution in [0, 0.1) is 0 Å². The number of esters is 1. The second-order valence-corrected chi connectivity index (χ2v) is 9.93. The summed E-state index contributed by atoms with van der Waals surface area (Å²) in [7, 11) is 0. The third-order valence-corrected chi connectivity index (χ3v) is 6.50. The number of rotatable bonds is 11. The van der Waals surface area contributed by atoms with Crippen LogP contribution >= 0.6 is 0 Å². The lowest BCUT2D eigenvalue weighted by atomic mass is 10.1. The van der Waals surface area contributed by atoms with Crippen molar-refractivity contribution < 1.29 is 39.1 Å². The number of allylic oxidation sites excluding steroid dienone is 2. The Morgan fingerprint density at radius 1 is 0.884 bits per heavy atom. The lowest BCUT2D eigenvalue weighted by molar-refractivity contribution is -0.136. The lowest BCUT2D eigenvalue weighted by Crippen LogP contribution is -2.12. The van der Waals surface area contributed by atoms with Gasteiger partial charge in [-0.3, -0.25) is 4.79 Å². The first-order valence-electron chi connectivity index (χ1n) is 13.5. The second-order valence-electron chi connectivity index (χ2n) is 9.93. The molecule has 43 heavy (non-hydrogen) atoms. The summed E-state index contributed by atoms with van der Waals surface area (Å²) in [5.41, 5.74) is 2.54. The fraction of sp³-hybridized carbons (Fsp3) is 0.176. The van der Waals surface area contributed by atoms with Gasteiger partial charge in [0.25, 0.3) is 0 Å². The van der Waals surface area contributed by atoms with E-state index in [1.54, 1.807) is 30.3 Å². The first kappa shape index (κ1) is 30.5. The summed E-state index contributed by atoms with van der Waals surface area (Å²) in [5.74, 6) is -1.53. The number of ether oxygens (including phenoxy) is 2. The maximum absolute atomic E-state index is 13.3. The van der Waals surface area contributed by atoms with Gasteiger partial charge >= 0.3 is 5.97 Å². The van der Waals surface area contributed by atoms with Crippen molar-refractivity contribution in [2.75, 3.05) is 13.2 Å². The molecular formula is C34H32O9. The molecule has 9 heteroatoms. The van der Waals surface area contributed by atoms with Crippen molar-refractivity contribution in [3.05, 3.63) is 106 Å². The van der Waals surface area contributed by atoms with Crippen molar-refractivity contribution in [2.45, 2.75) is 26.7 Å². The largest absolute Gasteiger partial charge is 0.508 e. The monoisotopic (exact) mass is 584 g/mol. The zero-order valence-corrected chi connectivity index (χ0v) is 23.7. The highest BCUT2D eigenvalue weighted by atomic mass is 16.5. The van der Waals surface area contributed by atoms with E-state index in [2.05, 4.69) is 0 Å². The molecule has 3 aromatic carbocycles. The molecule has 0 atom stereocenters. The van der Waals surface area contributed by atoms with E-state index >= 15 is 0 Å². The van der Waals surface area contributed by atoms with Crippen LogP contribution < -0.4 is 10.2 Å². The van der Waals surface area contributed by atoms with Crippen molar-refractivity contribution in [1.82, 2.24) is 0 Å². The van der Waals surface area contributed by atoms with E-state index in [4.69, 9.17) is 13.9 Å². The summed E-state index contributed by atoms with van der Waals surface area (Å²) < 4.78 is 17.1. The van der Waals surface area contributed by atoms with Gasteiger partial charge in [0.05, 0.1) is 0 Å². The molecular weight excluding hydrogens is 552 g/mol. The van der Waals surface area contributed by atoms with Gasteiger partial charge in [0.1, 0.15) is 35.7 Å². The lowest BCUT2D eigenvalue weighted by Gasteiger charge is -2.13. The van der Waals surface area contributed by atoms with Gasteiger partial charge in [-0.25, -0.2) is 4.79 Å². The van der Waals surface area contributed by atoms with E-state index in [0.717, 1.165) is 17.2 Å².